The maximum Gasteiger partial charge on any atom is 0.254 e. The molecule has 1 amide bonds. The minimum atomic E-state index is -0.00648. The van der Waals surface area contributed by atoms with E-state index in [1.165, 1.54) is 31.0 Å². The van der Waals surface area contributed by atoms with E-state index in [2.05, 4.69) is 22.2 Å². The topological polar surface area (TPSA) is 54.9 Å². The van der Waals surface area contributed by atoms with Crippen LogP contribution < -0.4 is 5.32 Å². The minimum Gasteiger partial charge on any atom is -0.349 e. The summed E-state index contributed by atoms with van der Waals surface area (Å²) in [5, 5.41) is 3.88. The molecule has 1 fully saturated rings. The lowest BCUT2D eigenvalue weighted by Crippen LogP contribution is -2.36. The van der Waals surface area contributed by atoms with Gasteiger partial charge >= 0.3 is 0 Å². The summed E-state index contributed by atoms with van der Waals surface area (Å²) < 4.78 is 0. The first kappa shape index (κ1) is 15.3. The number of rotatable bonds is 5. The minimum absolute atomic E-state index is 0.00648. The molecule has 1 aromatic rings. The van der Waals surface area contributed by atoms with Crippen molar-refractivity contribution in [2.45, 2.75) is 63.1 Å². The van der Waals surface area contributed by atoms with Crippen molar-refractivity contribution in [1.29, 1.82) is 0 Å². The molecule has 1 aliphatic carbocycles. The zero-order chi connectivity index (χ0) is 14.4. The standard InChI is InChI=1S/C15H23N3OS/c1-3-7-13-12(10-16-15(18-13)20-2)14(19)17-11-8-5-4-6-9-11/h10-11H,3-9H2,1-2H3,(H,17,19). The van der Waals surface area contributed by atoms with E-state index in [1.54, 1.807) is 6.20 Å². The molecule has 1 aromatic heterocycles. The molecular formula is C15H23N3OS. The second-order valence-corrected chi connectivity index (χ2v) is 6.05. The second-order valence-electron chi connectivity index (χ2n) is 5.28. The molecule has 110 valence electrons. The van der Waals surface area contributed by atoms with Gasteiger partial charge in [0.15, 0.2) is 5.16 Å². The molecule has 2 rings (SSSR count). The highest BCUT2D eigenvalue weighted by Gasteiger charge is 2.19. The molecule has 4 nitrogen and oxygen atoms in total. The Labute approximate surface area is 125 Å². The summed E-state index contributed by atoms with van der Waals surface area (Å²) >= 11 is 1.51. The number of carbonyl (C=O) groups is 1. The van der Waals surface area contributed by atoms with E-state index in [0.717, 1.165) is 36.5 Å². The third kappa shape index (κ3) is 3.95. The van der Waals surface area contributed by atoms with E-state index in [1.807, 2.05) is 6.26 Å². The average molecular weight is 293 g/mol. The fourth-order valence-corrected chi connectivity index (χ4v) is 2.98. The first-order valence-corrected chi connectivity index (χ1v) is 8.67. The number of nitrogens with zero attached hydrogens (tertiary/aromatic N) is 2. The Morgan fingerprint density at radius 1 is 1.40 bits per heavy atom. The van der Waals surface area contributed by atoms with Crippen LogP contribution in [-0.2, 0) is 6.42 Å². The van der Waals surface area contributed by atoms with Crippen LogP contribution in [0.5, 0.6) is 0 Å². The van der Waals surface area contributed by atoms with E-state index in [0.29, 0.717) is 11.6 Å². The fraction of sp³-hybridized carbons (Fsp3) is 0.667. The summed E-state index contributed by atoms with van der Waals surface area (Å²) in [7, 11) is 0. The zero-order valence-corrected chi connectivity index (χ0v) is 13.1. The molecule has 5 heteroatoms. The van der Waals surface area contributed by atoms with Crippen molar-refractivity contribution in [3.63, 3.8) is 0 Å². The Morgan fingerprint density at radius 2 is 2.15 bits per heavy atom. The largest absolute Gasteiger partial charge is 0.349 e. The van der Waals surface area contributed by atoms with E-state index in [-0.39, 0.29) is 5.91 Å². The monoisotopic (exact) mass is 293 g/mol. The number of carbonyl (C=O) groups excluding carboxylic acids is 1. The smallest absolute Gasteiger partial charge is 0.254 e. The fourth-order valence-electron chi connectivity index (χ4n) is 2.62. The second kappa shape index (κ2) is 7.62. The van der Waals surface area contributed by atoms with Crippen molar-refractivity contribution in [3.8, 4) is 0 Å². The number of amides is 1. The van der Waals surface area contributed by atoms with Crippen LogP contribution in [0.25, 0.3) is 0 Å². The summed E-state index contributed by atoms with van der Waals surface area (Å²) in [5.41, 5.74) is 1.52. The molecular weight excluding hydrogens is 270 g/mol. The van der Waals surface area contributed by atoms with Crippen LogP contribution in [0, 0.1) is 0 Å². The van der Waals surface area contributed by atoms with Gasteiger partial charge in [-0.25, -0.2) is 9.97 Å². The van der Waals surface area contributed by atoms with E-state index < -0.39 is 0 Å². The van der Waals surface area contributed by atoms with Crippen molar-refractivity contribution >= 4 is 17.7 Å². The molecule has 0 radical (unpaired) electrons. The third-order valence-corrected chi connectivity index (χ3v) is 4.26. The average Bonchev–Trinajstić information content (AvgIpc) is 2.48. The first-order valence-electron chi connectivity index (χ1n) is 7.45. The maximum atomic E-state index is 12.4. The lowest BCUT2D eigenvalue weighted by Gasteiger charge is -2.23. The highest BCUT2D eigenvalue weighted by atomic mass is 32.2. The Balaban J connectivity index is 2.11. The summed E-state index contributed by atoms with van der Waals surface area (Å²) in [4.78, 5) is 21.1. The summed E-state index contributed by atoms with van der Waals surface area (Å²) in [6.07, 6.45) is 11.4. The van der Waals surface area contributed by atoms with Gasteiger partial charge in [-0.3, -0.25) is 4.79 Å². The van der Waals surface area contributed by atoms with Gasteiger partial charge in [-0.2, -0.15) is 0 Å². The number of aromatic nitrogens is 2. The van der Waals surface area contributed by atoms with E-state index in [9.17, 15) is 4.79 Å². The summed E-state index contributed by atoms with van der Waals surface area (Å²) in [6, 6.07) is 0.325. The predicted molar refractivity (Wildman–Crippen MR) is 82.1 cm³/mol. The Kier molecular flexibility index (Phi) is 5.83. The molecule has 0 spiro atoms. The Bertz CT molecular complexity index is 458. The number of thioether (sulfide) groups is 1. The Morgan fingerprint density at radius 3 is 2.80 bits per heavy atom. The van der Waals surface area contributed by atoms with Crippen molar-refractivity contribution in [1.82, 2.24) is 15.3 Å². The number of nitrogens with one attached hydrogen (secondary N) is 1. The Hall–Kier alpha value is -1.10. The molecule has 0 unspecified atom stereocenters. The molecule has 0 aliphatic heterocycles. The van der Waals surface area contributed by atoms with Crippen LogP contribution in [0.1, 0.15) is 61.5 Å². The summed E-state index contributed by atoms with van der Waals surface area (Å²) in [5.74, 6) is -0.00648. The molecule has 0 bridgehead atoms. The molecule has 20 heavy (non-hydrogen) atoms. The van der Waals surface area contributed by atoms with Gasteiger partial charge in [-0.1, -0.05) is 44.4 Å². The molecule has 1 saturated carbocycles. The highest BCUT2D eigenvalue weighted by Crippen LogP contribution is 2.19. The van der Waals surface area contributed by atoms with Crippen molar-refractivity contribution < 1.29 is 4.79 Å². The van der Waals surface area contributed by atoms with Crippen LogP contribution >= 0.6 is 11.8 Å². The summed E-state index contributed by atoms with van der Waals surface area (Å²) in [6.45, 7) is 2.10. The van der Waals surface area contributed by atoms with Crippen LogP contribution in [0.15, 0.2) is 11.4 Å². The van der Waals surface area contributed by atoms with Gasteiger partial charge in [-0.05, 0) is 25.5 Å². The predicted octanol–water partition coefficient (Wildman–Crippen LogP) is 3.21. The van der Waals surface area contributed by atoms with E-state index >= 15 is 0 Å². The molecule has 1 aliphatic rings. The van der Waals surface area contributed by atoms with Crippen molar-refractivity contribution in [2.75, 3.05) is 6.26 Å². The van der Waals surface area contributed by atoms with E-state index in [4.69, 9.17) is 0 Å². The molecule has 0 aromatic carbocycles. The zero-order valence-electron chi connectivity index (χ0n) is 12.3. The lowest BCUT2D eigenvalue weighted by atomic mass is 9.95. The maximum absolute atomic E-state index is 12.4. The van der Waals surface area contributed by atoms with Gasteiger partial charge in [0.2, 0.25) is 0 Å². The first-order chi connectivity index (χ1) is 9.74. The normalized spacial score (nSPS) is 16.1. The van der Waals surface area contributed by atoms with Gasteiger partial charge in [0.25, 0.3) is 5.91 Å². The van der Waals surface area contributed by atoms with Crippen molar-refractivity contribution in [2.24, 2.45) is 0 Å². The molecule has 1 heterocycles. The number of hydrogen-bond donors (Lipinski definition) is 1. The number of aryl methyl sites for hydroxylation is 1. The van der Waals surface area contributed by atoms with Crippen LogP contribution in [0.2, 0.25) is 0 Å². The molecule has 0 atom stereocenters. The van der Waals surface area contributed by atoms with Crippen molar-refractivity contribution in [3.05, 3.63) is 17.5 Å². The van der Waals surface area contributed by atoms with Gasteiger partial charge in [0.1, 0.15) is 0 Å². The van der Waals surface area contributed by atoms with Crippen LogP contribution in [-0.4, -0.2) is 28.2 Å². The molecule has 0 saturated heterocycles. The van der Waals surface area contributed by atoms with Crippen LogP contribution in [0.4, 0.5) is 0 Å². The quantitative estimate of drug-likeness (QED) is 0.669. The van der Waals surface area contributed by atoms with Crippen LogP contribution in [0.3, 0.4) is 0 Å². The third-order valence-electron chi connectivity index (χ3n) is 3.70. The number of hydrogen-bond acceptors (Lipinski definition) is 4. The highest BCUT2D eigenvalue weighted by molar-refractivity contribution is 7.98. The van der Waals surface area contributed by atoms with Gasteiger partial charge < -0.3 is 5.32 Å². The SMILES string of the molecule is CCCc1nc(SC)ncc1C(=O)NC1CCCCC1. The molecule has 1 N–H and O–H groups in total. The van der Waals surface area contributed by atoms with Gasteiger partial charge in [0.05, 0.1) is 11.3 Å². The van der Waals surface area contributed by atoms with Gasteiger partial charge in [0, 0.05) is 12.2 Å². The van der Waals surface area contributed by atoms with Gasteiger partial charge in [-0.15, -0.1) is 0 Å². The lowest BCUT2D eigenvalue weighted by molar-refractivity contribution is 0.0925.